The molecule has 0 radical (unpaired) electrons. The van der Waals surface area contributed by atoms with Gasteiger partial charge >= 0.3 is 0 Å². The van der Waals surface area contributed by atoms with Crippen molar-refractivity contribution >= 4 is 16.8 Å². The zero-order valence-electron chi connectivity index (χ0n) is 18.7. The largest absolute Gasteiger partial charge is 0.493 e. The number of nitrogens with one attached hydrogen (secondary N) is 1. The number of amides is 1. The molecule has 4 rings (SSSR count). The Balaban J connectivity index is 1.73. The van der Waals surface area contributed by atoms with Gasteiger partial charge in [-0.2, -0.15) is 0 Å². The summed E-state index contributed by atoms with van der Waals surface area (Å²) in [5.41, 5.74) is 5.00. The van der Waals surface area contributed by atoms with Crippen LogP contribution in [0.2, 0.25) is 0 Å². The number of benzene rings is 2. The number of hydrogen-bond acceptors (Lipinski definition) is 4. The number of ether oxygens (including phenoxy) is 3. The number of rotatable bonds is 7. The number of aryl methyl sites for hydroxylation is 1. The van der Waals surface area contributed by atoms with Crippen molar-refractivity contribution in [3.05, 3.63) is 47.5 Å². The van der Waals surface area contributed by atoms with Gasteiger partial charge in [0.1, 0.15) is 0 Å². The molecule has 1 unspecified atom stereocenters. The summed E-state index contributed by atoms with van der Waals surface area (Å²) in [4.78, 5) is 18.7. The number of carbonyl (C=O) groups is 1. The van der Waals surface area contributed by atoms with Gasteiger partial charge in [0, 0.05) is 41.4 Å². The van der Waals surface area contributed by atoms with Crippen LogP contribution >= 0.6 is 0 Å². The van der Waals surface area contributed by atoms with E-state index >= 15 is 0 Å². The normalized spacial score (nSPS) is 16.1. The lowest BCUT2D eigenvalue weighted by Gasteiger charge is -2.24. The van der Waals surface area contributed by atoms with E-state index in [2.05, 4.69) is 11.9 Å². The maximum atomic E-state index is 13.2. The number of methoxy groups -OCH3 is 3. The smallest absolute Gasteiger partial charge is 0.254 e. The van der Waals surface area contributed by atoms with Gasteiger partial charge < -0.3 is 24.1 Å². The van der Waals surface area contributed by atoms with Crippen LogP contribution in [0.3, 0.4) is 0 Å². The molecule has 31 heavy (non-hydrogen) atoms. The van der Waals surface area contributed by atoms with E-state index < -0.39 is 0 Å². The second kappa shape index (κ2) is 9.02. The molecule has 3 aromatic rings. The summed E-state index contributed by atoms with van der Waals surface area (Å²) in [6.45, 7) is 3.51. The highest BCUT2D eigenvalue weighted by Crippen LogP contribution is 2.36. The number of nitrogens with zero attached hydrogens (tertiary/aromatic N) is 1. The summed E-state index contributed by atoms with van der Waals surface area (Å²) in [6, 6.07) is 12.0. The number of H-pyrrole nitrogens is 1. The molecule has 1 saturated heterocycles. The first-order valence-corrected chi connectivity index (χ1v) is 10.8. The van der Waals surface area contributed by atoms with Crippen molar-refractivity contribution < 1.29 is 19.0 Å². The second-order valence-corrected chi connectivity index (χ2v) is 7.91. The van der Waals surface area contributed by atoms with E-state index in [0.29, 0.717) is 18.1 Å². The number of aromatic amines is 1. The van der Waals surface area contributed by atoms with E-state index in [9.17, 15) is 4.79 Å². The fourth-order valence-corrected chi connectivity index (χ4v) is 4.62. The second-order valence-electron chi connectivity index (χ2n) is 7.91. The predicted octanol–water partition coefficient (Wildman–Crippen LogP) is 4.67. The molecule has 1 amide bonds. The fourth-order valence-electron chi connectivity index (χ4n) is 4.62. The molecule has 1 N–H and O–H groups in total. The molecule has 1 aliphatic heterocycles. The Morgan fingerprint density at radius 1 is 1.10 bits per heavy atom. The highest BCUT2D eigenvalue weighted by atomic mass is 16.5. The lowest BCUT2D eigenvalue weighted by atomic mass is 10.0. The predicted molar refractivity (Wildman–Crippen MR) is 122 cm³/mol. The van der Waals surface area contributed by atoms with Gasteiger partial charge in [0.15, 0.2) is 11.5 Å². The zero-order valence-corrected chi connectivity index (χ0v) is 18.7. The molecule has 0 bridgehead atoms. The first-order valence-electron chi connectivity index (χ1n) is 10.8. The van der Waals surface area contributed by atoms with Crippen molar-refractivity contribution in [1.82, 2.24) is 9.88 Å². The Labute approximate surface area is 183 Å². The van der Waals surface area contributed by atoms with Crippen molar-refractivity contribution in [3.8, 4) is 22.8 Å². The summed E-state index contributed by atoms with van der Waals surface area (Å²) >= 11 is 0. The lowest BCUT2D eigenvalue weighted by molar-refractivity contribution is 0.0631. The van der Waals surface area contributed by atoms with Crippen LogP contribution in [-0.4, -0.2) is 56.3 Å². The van der Waals surface area contributed by atoms with Crippen LogP contribution in [0.5, 0.6) is 11.5 Å². The molecule has 0 aliphatic carbocycles. The van der Waals surface area contributed by atoms with E-state index in [1.165, 1.54) is 5.56 Å². The van der Waals surface area contributed by atoms with Gasteiger partial charge in [-0.15, -0.1) is 0 Å². The van der Waals surface area contributed by atoms with Crippen molar-refractivity contribution in [2.75, 3.05) is 34.5 Å². The maximum absolute atomic E-state index is 13.2. The first-order chi connectivity index (χ1) is 15.1. The van der Waals surface area contributed by atoms with Crippen LogP contribution in [0.25, 0.3) is 22.2 Å². The molecule has 1 fully saturated rings. The zero-order chi connectivity index (χ0) is 22.0. The maximum Gasteiger partial charge on any atom is 0.254 e. The summed E-state index contributed by atoms with van der Waals surface area (Å²) in [5, 5.41) is 1.08. The Morgan fingerprint density at radius 3 is 2.61 bits per heavy atom. The summed E-state index contributed by atoms with van der Waals surface area (Å²) in [5.74, 6) is 1.47. The Kier molecular flexibility index (Phi) is 6.18. The van der Waals surface area contributed by atoms with Crippen molar-refractivity contribution in [1.29, 1.82) is 0 Å². The summed E-state index contributed by atoms with van der Waals surface area (Å²) < 4.78 is 16.2. The molecule has 6 heteroatoms. The highest BCUT2D eigenvalue weighted by Gasteiger charge is 2.29. The molecule has 164 valence electrons. The molecule has 1 aliphatic rings. The van der Waals surface area contributed by atoms with Crippen molar-refractivity contribution in [2.24, 2.45) is 0 Å². The van der Waals surface area contributed by atoms with Gasteiger partial charge in [-0.1, -0.05) is 6.92 Å². The summed E-state index contributed by atoms with van der Waals surface area (Å²) in [6.07, 6.45) is 2.86. The number of carbonyl (C=O) groups excluding carboxylic acids is 1. The fraction of sp³-hybridized carbons (Fsp3) is 0.400. The minimum absolute atomic E-state index is 0.0809. The number of hydrogen-bond donors (Lipinski definition) is 1. The van der Waals surface area contributed by atoms with E-state index in [1.54, 1.807) is 21.3 Å². The van der Waals surface area contributed by atoms with Crippen LogP contribution in [0.1, 0.15) is 35.7 Å². The summed E-state index contributed by atoms with van der Waals surface area (Å²) in [7, 11) is 4.96. The van der Waals surface area contributed by atoms with Crippen LogP contribution in [0, 0.1) is 0 Å². The van der Waals surface area contributed by atoms with Gasteiger partial charge in [-0.3, -0.25) is 4.79 Å². The van der Waals surface area contributed by atoms with E-state index in [0.717, 1.165) is 53.5 Å². The Bertz CT molecular complexity index is 1090. The molecule has 0 saturated carbocycles. The third-order valence-corrected chi connectivity index (χ3v) is 6.18. The topological polar surface area (TPSA) is 63.8 Å². The van der Waals surface area contributed by atoms with Crippen molar-refractivity contribution in [3.63, 3.8) is 0 Å². The minimum atomic E-state index is 0.0809. The molecule has 1 aromatic heterocycles. The molecular formula is C25H30N2O4. The molecule has 2 aromatic carbocycles. The lowest BCUT2D eigenvalue weighted by Crippen LogP contribution is -2.38. The average Bonchev–Trinajstić information content (AvgIpc) is 3.42. The standard InChI is InChI=1S/C25H30N2O4/c1-5-19-20-13-17(25(28)27-12-6-7-18(27)15-29-2)8-10-21(20)26-24(19)16-9-11-22(30-3)23(14-16)31-4/h8-11,13-14,18,26H,5-7,12,15H2,1-4H3. The number of aromatic nitrogens is 1. The third-order valence-electron chi connectivity index (χ3n) is 6.18. The number of fused-ring (bicyclic) bond motifs is 1. The average molecular weight is 423 g/mol. The Morgan fingerprint density at radius 2 is 1.90 bits per heavy atom. The SMILES string of the molecule is CCc1c(-c2ccc(OC)c(OC)c2)[nH]c2ccc(C(=O)N3CCCC3COC)cc12. The van der Waals surface area contributed by atoms with E-state index in [1.807, 2.05) is 41.3 Å². The third kappa shape index (κ3) is 3.88. The molecule has 0 spiro atoms. The monoisotopic (exact) mass is 422 g/mol. The van der Waals surface area contributed by atoms with Gasteiger partial charge in [-0.05, 0) is 61.2 Å². The van der Waals surface area contributed by atoms with Crippen molar-refractivity contribution in [2.45, 2.75) is 32.2 Å². The molecule has 6 nitrogen and oxygen atoms in total. The van der Waals surface area contributed by atoms with Crippen LogP contribution in [-0.2, 0) is 11.2 Å². The van der Waals surface area contributed by atoms with Crippen LogP contribution in [0.4, 0.5) is 0 Å². The molecular weight excluding hydrogens is 392 g/mol. The van der Waals surface area contributed by atoms with Crippen LogP contribution < -0.4 is 9.47 Å². The quantitative estimate of drug-likeness (QED) is 0.601. The van der Waals surface area contributed by atoms with Gasteiger partial charge in [0.2, 0.25) is 0 Å². The highest BCUT2D eigenvalue weighted by molar-refractivity contribution is 6.00. The Hall–Kier alpha value is -2.99. The van der Waals surface area contributed by atoms with Crippen LogP contribution in [0.15, 0.2) is 36.4 Å². The minimum Gasteiger partial charge on any atom is -0.493 e. The van der Waals surface area contributed by atoms with Gasteiger partial charge in [0.25, 0.3) is 5.91 Å². The molecule has 2 heterocycles. The molecule has 1 atom stereocenters. The van der Waals surface area contributed by atoms with E-state index in [4.69, 9.17) is 14.2 Å². The number of likely N-dealkylation sites (tertiary alicyclic amines) is 1. The van der Waals surface area contributed by atoms with E-state index in [-0.39, 0.29) is 11.9 Å². The van der Waals surface area contributed by atoms with Gasteiger partial charge in [-0.25, -0.2) is 0 Å². The van der Waals surface area contributed by atoms with Gasteiger partial charge in [0.05, 0.1) is 26.9 Å². The first kappa shape index (κ1) is 21.2.